The van der Waals surface area contributed by atoms with E-state index in [1.165, 1.54) is 11.8 Å². The summed E-state index contributed by atoms with van der Waals surface area (Å²) in [6.45, 7) is 2.29. The number of carbonyl (C=O) groups is 1. The van der Waals surface area contributed by atoms with E-state index in [-0.39, 0.29) is 11.7 Å². The molecule has 1 aliphatic heterocycles. The Morgan fingerprint density at radius 3 is 3.04 bits per heavy atom. The van der Waals surface area contributed by atoms with E-state index in [4.69, 9.17) is 4.74 Å². The van der Waals surface area contributed by atoms with Crippen molar-refractivity contribution in [3.05, 3.63) is 53.2 Å². The lowest BCUT2D eigenvalue weighted by atomic mass is 10.2. The Hall–Kier alpha value is -2.80. The number of phenolic OH excluding ortho intramolecular Hbond substituents is 1. The number of benzene rings is 1. The number of ether oxygens (including phenoxy) is 1. The van der Waals surface area contributed by atoms with Gasteiger partial charge in [0.2, 0.25) is 0 Å². The highest BCUT2D eigenvalue weighted by Crippen LogP contribution is 2.31. The van der Waals surface area contributed by atoms with E-state index in [0.29, 0.717) is 28.1 Å². The van der Waals surface area contributed by atoms with Gasteiger partial charge in [0.05, 0.1) is 23.4 Å². The van der Waals surface area contributed by atoms with Crippen LogP contribution in [0.1, 0.15) is 12.5 Å². The van der Waals surface area contributed by atoms with E-state index >= 15 is 0 Å². The van der Waals surface area contributed by atoms with Crippen LogP contribution in [0, 0.1) is 0 Å². The van der Waals surface area contributed by atoms with Gasteiger partial charge in [-0.05, 0) is 54.6 Å². The average molecular weight is 341 g/mol. The molecule has 1 aliphatic rings. The molecule has 2 heterocycles. The smallest absolute Gasteiger partial charge is 0.264 e. The third kappa shape index (κ3) is 3.75. The molecule has 6 nitrogen and oxygen atoms in total. The summed E-state index contributed by atoms with van der Waals surface area (Å²) < 4.78 is 5.35. The number of phenols is 1. The zero-order chi connectivity index (χ0) is 16.9. The van der Waals surface area contributed by atoms with Crippen molar-refractivity contribution in [2.24, 2.45) is 4.99 Å². The summed E-state index contributed by atoms with van der Waals surface area (Å²) in [6, 6.07) is 8.54. The summed E-state index contributed by atoms with van der Waals surface area (Å²) >= 11 is 1.25. The standard InChI is InChI=1S/C17H15N3O3S/c1-2-23-14-8-11(5-6-13(14)21)9-15-16(22)20-17(24-15)19-12-4-3-7-18-10-12/h3-10,21H,2H2,1H3,(H,19,20,22)/b15-9-. The summed E-state index contributed by atoms with van der Waals surface area (Å²) in [5.41, 5.74) is 1.43. The van der Waals surface area contributed by atoms with Crippen molar-refractivity contribution in [3.63, 3.8) is 0 Å². The van der Waals surface area contributed by atoms with Crippen molar-refractivity contribution in [1.82, 2.24) is 10.3 Å². The summed E-state index contributed by atoms with van der Waals surface area (Å²) in [6.07, 6.45) is 5.01. The van der Waals surface area contributed by atoms with Gasteiger partial charge < -0.3 is 15.2 Å². The molecule has 122 valence electrons. The molecule has 0 aliphatic carbocycles. The Kier molecular flexibility index (Phi) is 4.81. The van der Waals surface area contributed by atoms with Gasteiger partial charge in [-0.25, -0.2) is 4.99 Å². The van der Waals surface area contributed by atoms with Crippen molar-refractivity contribution in [2.45, 2.75) is 6.92 Å². The first kappa shape index (κ1) is 16.1. The largest absolute Gasteiger partial charge is 0.504 e. The molecule has 3 rings (SSSR count). The molecule has 1 fully saturated rings. The lowest BCUT2D eigenvalue weighted by Crippen LogP contribution is -2.19. The number of rotatable bonds is 4. The molecule has 0 bridgehead atoms. The number of aromatic nitrogens is 1. The highest BCUT2D eigenvalue weighted by atomic mass is 32.2. The van der Waals surface area contributed by atoms with Crippen LogP contribution in [-0.4, -0.2) is 27.8 Å². The van der Waals surface area contributed by atoms with Crippen LogP contribution in [0.3, 0.4) is 0 Å². The molecule has 0 unspecified atom stereocenters. The van der Waals surface area contributed by atoms with E-state index in [1.807, 2.05) is 13.0 Å². The molecular formula is C17H15N3O3S. The van der Waals surface area contributed by atoms with Gasteiger partial charge in [-0.3, -0.25) is 9.78 Å². The molecule has 0 atom stereocenters. The second-order valence-corrected chi connectivity index (χ2v) is 5.88. The second-order valence-electron chi connectivity index (χ2n) is 4.85. The zero-order valence-corrected chi connectivity index (χ0v) is 13.7. The lowest BCUT2D eigenvalue weighted by molar-refractivity contribution is -0.115. The van der Waals surface area contributed by atoms with Crippen molar-refractivity contribution in [2.75, 3.05) is 6.61 Å². The van der Waals surface area contributed by atoms with Crippen LogP contribution < -0.4 is 10.1 Å². The Bertz CT molecular complexity index is 819. The van der Waals surface area contributed by atoms with Gasteiger partial charge in [0, 0.05) is 6.20 Å². The third-order valence-corrected chi connectivity index (χ3v) is 4.02. The minimum atomic E-state index is -0.214. The van der Waals surface area contributed by atoms with Crippen LogP contribution in [0.2, 0.25) is 0 Å². The first-order valence-electron chi connectivity index (χ1n) is 7.31. The van der Waals surface area contributed by atoms with Gasteiger partial charge in [-0.15, -0.1) is 0 Å². The number of thioether (sulfide) groups is 1. The van der Waals surface area contributed by atoms with Crippen LogP contribution in [0.4, 0.5) is 5.69 Å². The SMILES string of the molecule is CCOc1cc(/C=C2\SC(=Nc3cccnc3)NC2=O)ccc1O. The highest BCUT2D eigenvalue weighted by molar-refractivity contribution is 8.18. The van der Waals surface area contributed by atoms with Crippen molar-refractivity contribution >= 4 is 34.6 Å². The lowest BCUT2D eigenvalue weighted by Gasteiger charge is -2.06. The molecular weight excluding hydrogens is 326 g/mol. The van der Waals surface area contributed by atoms with Crippen LogP contribution in [0.5, 0.6) is 11.5 Å². The molecule has 2 N–H and O–H groups in total. The van der Waals surface area contributed by atoms with Crippen LogP contribution in [0.25, 0.3) is 6.08 Å². The van der Waals surface area contributed by atoms with Gasteiger partial charge in [0.25, 0.3) is 5.91 Å². The minimum absolute atomic E-state index is 0.0707. The molecule has 7 heteroatoms. The second kappa shape index (κ2) is 7.18. The van der Waals surface area contributed by atoms with Gasteiger partial charge in [0.1, 0.15) is 0 Å². The van der Waals surface area contributed by atoms with E-state index in [1.54, 1.807) is 42.7 Å². The fraction of sp³-hybridized carbons (Fsp3) is 0.118. The van der Waals surface area contributed by atoms with Crippen LogP contribution in [-0.2, 0) is 4.79 Å². The fourth-order valence-corrected chi connectivity index (χ4v) is 2.90. The van der Waals surface area contributed by atoms with Gasteiger partial charge in [-0.2, -0.15) is 0 Å². The van der Waals surface area contributed by atoms with Gasteiger partial charge in [-0.1, -0.05) is 6.07 Å². The number of amides is 1. The van der Waals surface area contributed by atoms with Crippen molar-refractivity contribution < 1.29 is 14.6 Å². The Labute approximate surface area is 143 Å². The van der Waals surface area contributed by atoms with Crippen LogP contribution >= 0.6 is 11.8 Å². The van der Waals surface area contributed by atoms with Gasteiger partial charge >= 0.3 is 0 Å². The Morgan fingerprint density at radius 2 is 2.29 bits per heavy atom. The predicted octanol–water partition coefficient (Wildman–Crippen LogP) is 3.08. The maximum Gasteiger partial charge on any atom is 0.264 e. The molecule has 0 spiro atoms. The molecule has 24 heavy (non-hydrogen) atoms. The summed E-state index contributed by atoms with van der Waals surface area (Å²) in [5.74, 6) is 0.245. The van der Waals surface area contributed by atoms with Gasteiger partial charge in [0.15, 0.2) is 16.7 Å². The fourth-order valence-electron chi connectivity index (χ4n) is 2.06. The van der Waals surface area contributed by atoms with Crippen molar-refractivity contribution in [3.8, 4) is 11.5 Å². The number of aromatic hydroxyl groups is 1. The first-order chi connectivity index (χ1) is 11.7. The monoisotopic (exact) mass is 341 g/mol. The third-order valence-electron chi connectivity index (χ3n) is 3.11. The van der Waals surface area contributed by atoms with Crippen LogP contribution in [0.15, 0.2) is 52.6 Å². The number of amidine groups is 1. The van der Waals surface area contributed by atoms with E-state index < -0.39 is 0 Å². The highest BCUT2D eigenvalue weighted by Gasteiger charge is 2.23. The maximum atomic E-state index is 12.1. The quantitative estimate of drug-likeness (QED) is 0.835. The Morgan fingerprint density at radius 1 is 1.42 bits per heavy atom. The normalized spacial score (nSPS) is 17.3. The molecule has 2 aromatic rings. The Balaban J connectivity index is 1.82. The molecule has 0 radical (unpaired) electrons. The molecule has 1 amide bonds. The number of nitrogens with one attached hydrogen (secondary N) is 1. The number of hydrogen-bond acceptors (Lipinski definition) is 6. The average Bonchev–Trinajstić information content (AvgIpc) is 2.91. The number of aliphatic imine (C=N–C) groups is 1. The predicted molar refractivity (Wildman–Crippen MR) is 94.3 cm³/mol. The minimum Gasteiger partial charge on any atom is -0.504 e. The molecule has 0 saturated carbocycles. The number of pyridine rings is 1. The summed E-state index contributed by atoms with van der Waals surface area (Å²) in [4.78, 5) is 20.9. The topological polar surface area (TPSA) is 83.8 Å². The summed E-state index contributed by atoms with van der Waals surface area (Å²) in [7, 11) is 0. The number of carbonyl (C=O) groups excluding carboxylic acids is 1. The van der Waals surface area contributed by atoms with E-state index in [0.717, 1.165) is 5.56 Å². The summed E-state index contributed by atoms with van der Waals surface area (Å²) in [5, 5.41) is 13.0. The zero-order valence-electron chi connectivity index (χ0n) is 12.9. The number of hydrogen-bond donors (Lipinski definition) is 2. The molecule has 1 aromatic carbocycles. The van der Waals surface area contributed by atoms with E-state index in [9.17, 15) is 9.90 Å². The molecule has 1 saturated heterocycles. The number of nitrogens with zero attached hydrogens (tertiary/aromatic N) is 2. The maximum absolute atomic E-state index is 12.1. The molecule has 1 aromatic heterocycles. The van der Waals surface area contributed by atoms with Crippen molar-refractivity contribution in [1.29, 1.82) is 0 Å². The first-order valence-corrected chi connectivity index (χ1v) is 8.13. The van der Waals surface area contributed by atoms with E-state index in [2.05, 4.69) is 15.3 Å².